The van der Waals surface area contributed by atoms with Gasteiger partial charge in [-0.3, -0.25) is 9.59 Å². The third kappa shape index (κ3) is 3.71. The van der Waals surface area contributed by atoms with E-state index < -0.39 is 5.91 Å². The molecule has 0 radical (unpaired) electrons. The van der Waals surface area contributed by atoms with E-state index in [1.165, 1.54) is 16.2 Å². The molecule has 0 saturated heterocycles. The Bertz CT molecular complexity index is 867. The monoisotopic (exact) mass is 434 g/mol. The molecule has 3 rings (SSSR count). The Labute approximate surface area is 166 Å². The molecule has 1 heterocycles. The lowest BCUT2D eigenvalue weighted by Crippen LogP contribution is -2.27. The predicted molar refractivity (Wildman–Crippen MR) is 110 cm³/mol. The number of nitrogens with two attached hydrogens (primary N) is 1. The number of primary amides is 1. The van der Waals surface area contributed by atoms with Crippen LogP contribution < -0.4 is 11.1 Å². The van der Waals surface area contributed by atoms with Crippen LogP contribution in [0.2, 0.25) is 0 Å². The molecule has 0 saturated carbocycles. The van der Waals surface area contributed by atoms with Gasteiger partial charge in [-0.1, -0.05) is 32.9 Å². The lowest BCUT2D eigenvalue weighted by molar-refractivity contribution is 0.1000. The molecule has 0 aliphatic heterocycles. The van der Waals surface area contributed by atoms with E-state index in [2.05, 4.69) is 42.0 Å². The van der Waals surface area contributed by atoms with Crippen LogP contribution in [-0.4, -0.2) is 11.8 Å². The molecule has 4 nitrogen and oxygen atoms in total. The number of fused-ring (bicyclic) bond motifs is 1. The number of amides is 2. The van der Waals surface area contributed by atoms with E-state index in [9.17, 15) is 9.59 Å². The molecule has 3 N–H and O–H groups in total. The van der Waals surface area contributed by atoms with Crippen LogP contribution in [0.1, 0.15) is 58.3 Å². The number of benzene rings is 1. The highest BCUT2D eigenvalue weighted by Gasteiger charge is 2.33. The van der Waals surface area contributed by atoms with Crippen LogP contribution in [0.15, 0.2) is 28.7 Å². The SMILES string of the molecule is CC(C)(C)[C@H]1CCc2c(sc(NC(=O)c3ccccc3Br)c2C(N)=O)C1. The van der Waals surface area contributed by atoms with Crippen LogP contribution >= 0.6 is 27.3 Å². The first-order chi connectivity index (χ1) is 12.2. The fraction of sp³-hybridized carbons (Fsp3) is 0.400. The van der Waals surface area contributed by atoms with Crippen molar-refractivity contribution >= 4 is 44.1 Å². The minimum atomic E-state index is -0.473. The number of nitrogens with one attached hydrogen (secondary N) is 1. The molecule has 0 spiro atoms. The minimum Gasteiger partial charge on any atom is -0.365 e. The van der Waals surface area contributed by atoms with Gasteiger partial charge in [0.1, 0.15) is 5.00 Å². The van der Waals surface area contributed by atoms with E-state index in [-0.39, 0.29) is 11.3 Å². The topological polar surface area (TPSA) is 72.2 Å². The van der Waals surface area contributed by atoms with Crippen LogP contribution in [0.25, 0.3) is 0 Å². The predicted octanol–water partition coefficient (Wildman–Crippen LogP) is 5.01. The molecule has 26 heavy (non-hydrogen) atoms. The van der Waals surface area contributed by atoms with Crippen molar-refractivity contribution in [2.75, 3.05) is 5.32 Å². The number of hydrogen-bond donors (Lipinski definition) is 2. The van der Waals surface area contributed by atoms with Crippen molar-refractivity contribution in [2.45, 2.75) is 40.0 Å². The molecule has 0 unspecified atom stereocenters. The summed E-state index contributed by atoms with van der Waals surface area (Å²) in [5.74, 6) is -0.161. The van der Waals surface area contributed by atoms with Crippen LogP contribution in [0, 0.1) is 11.3 Å². The summed E-state index contributed by atoms with van der Waals surface area (Å²) in [6, 6.07) is 7.22. The minimum absolute atomic E-state index is 0.215. The Hall–Kier alpha value is -1.66. The first-order valence-corrected chi connectivity index (χ1v) is 10.3. The standard InChI is InChI=1S/C20H23BrN2O2S/c1-20(2,3)11-8-9-13-15(10-11)26-19(16(13)17(22)24)23-18(25)12-6-4-5-7-14(12)21/h4-7,11H,8-10H2,1-3H3,(H2,22,24)(H,23,25)/t11-/m0/s1. The molecule has 1 aromatic heterocycles. The van der Waals surface area contributed by atoms with Crippen LogP contribution in [-0.2, 0) is 12.8 Å². The van der Waals surface area contributed by atoms with Gasteiger partial charge in [0.05, 0.1) is 11.1 Å². The third-order valence-corrected chi connectivity index (χ3v) is 6.94. The lowest BCUT2D eigenvalue weighted by atomic mass is 9.72. The summed E-state index contributed by atoms with van der Waals surface area (Å²) >= 11 is 4.89. The Morgan fingerprint density at radius 2 is 1.96 bits per heavy atom. The molecule has 2 amide bonds. The van der Waals surface area contributed by atoms with Gasteiger partial charge < -0.3 is 11.1 Å². The quantitative estimate of drug-likeness (QED) is 0.711. The van der Waals surface area contributed by atoms with Gasteiger partial charge in [0.2, 0.25) is 0 Å². The molecule has 0 bridgehead atoms. The van der Waals surface area contributed by atoms with Gasteiger partial charge in [0.25, 0.3) is 11.8 Å². The molecule has 1 aliphatic carbocycles. The summed E-state index contributed by atoms with van der Waals surface area (Å²) in [6.45, 7) is 6.75. The molecule has 1 aromatic carbocycles. The van der Waals surface area contributed by atoms with Crippen molar-refractivity contribution in [2.24, 2.45) is 17.1 Å². The molecule has 2 aromatic rings. The van der Waals surface area contributed by atoms with Crippen LogP contribution in [0.3, 0.4) is 0 Å². The van der Waals surface area contributed by atoms with E-state index in [4.69, 9.17) is 5.73 Å². The first-order valence-electron chi connectivity index (χ1n) is 8.68. The van der Waals surface area contributed by atoms with Gasteiger partial charge in [0.15, 0.2) is 0 Å². The van der Waals surface area contributed by atoms with Gasteiger partial charge >= 0.3 is 0 Å². The Morgan fingerprint density at radius 3 is 2.58 bits per heavy atom. The lowest BCUT2D eigenvalue weighted by Gasteiger charge is -2.33. The van der Waals surface area contributed by atoms with Gasteiger partial charge in [-0.15, -0.1) is 11.3 Å². The number of carbonyl (C=O) groups excluding carboxylic acids is 2. The zero-order chi connectivity index (χ0) is 19.1. The average Bonchev–Trinajstić information content (AvgIpc) is 2.91. The fourth-order valence-corrected chi connectivity index (χ4v) is 5.28. The maximum absolute atomic E-state index is 12.7. The first kappa shape index (κ1) is 19.1. The summed E-state index contributed by atoms with van der Waals surface area (Å²) in [5, 5.41) is 3.48. The van der Waals surface area contributed by atoms with Crippen molar-refractivity contribution < 1.29 is 9.59 Å². The smallest absolute Gasteiger partial charge is 0.257 e. The molecule has 0 fully saturated rings. The largest absolute Gasteiger partial charge is 0.365 e. The van der Waals surface area contributed by atoms with Gasteiger partial charge in [-0.05, 0) is 64.2 Å². The second-order valence-corrected chi connectivity index (χ2v) is 9.77. The zero-order valence-corrected chi connectivity index (χ0v) is 17.6. The molecule has 1 atom stereocenters. The molecular weight excluding hydrogens is 412 g/mol. The van der Waals surface area contributed by atoms with Crippen molar-refractivity contribution in [1.29, 1.82) is 0 Å². The van der Waals surface area contributed by atoms with Gasteiger partial charge in [0, 0.05) is 9.35 Å². The Morgan fingerprint density at radius 1 is 1.27 bits per heavy atom. The second-order valence-electron chi connectivity index (χ2n) is 7.81. The second kappa shape index (κ2) is 7.16. The maximum atomic E-state index is 12.7. The van der Waals surface area contributed by atoms with Crippen molar-refractivity contribution in [3.63, 3.8) is 0 Å². The number of thiophene rings is 1. The van der Waals surface area contributed by atoms with Gasteiger partial charge in [-0.2, -0.15) is 0 Å². The normalized spacial score (nSPS) is 16.8. The van der Waals surface area contributed by atoms with Crippen molar-refractivity contribution in [3.8, 4) is 0 Å². The van der Waals surface area contributed by atoms with E-state index in [1.807, 2.05) is 18.2 Å². The average molecular weight is 435 g/mol. The Balaban J connectivity index is 1.94. The number of rotatable bonds is 3. The molecule has 138 valence electrons. The van der Waals surface area contributed by atoms with Crippen molar-refractivity contribution in [1.82, 2.24) is 0 Å². The van der Waals surface area contributed by atoms with Crippen LogP contribution in [0.4, 0.5) is 5.00 Å². The summed E-state index contributed by atoms with van der Waals surface area (Å²) in [4.78, 5) is 25.9. The molecular formula is C20H23BrN2O2S. The van der Waals surface area contributed by atoms with E-state index in [0.717, 1.165) is 24.8 Å². The highest BCUT2D eigenvalue weighted by molar-refractivity contribution is 9.10. The zero-order valence-electron chi connectivity index (χ0n) is 15.2. The maximum Gasteiger partial charge on any atom is 0.257 e. The fourth-order valence-electron chi connectivity index (χ4n) is 3.49. The number of anilines is 1. The summed E-state index contributed by atoms with van der Waals surface area (Å²) in [6.07, 6.45) is 2.79. The third-order valence-electron chi connectivity index (χ3n) is 5.08. The molecule has 6 heteroatoms. The number of hydrogen-bond acceptors (Lipinski definition) is 3. The Kier molecular flexibility index (Phi) is 5.26. The van der Waals surface area contributed by atoms with Crippen LogP contribution in [0.5, 0.6) is 0 Å². The van der Waals surface area contributed by atoms with E-state index in [1.54, 1.807) is 6.07 Å². The number of halogens is 1. The van der Waals surface area contributed by atoms with E-state index >= 15 is 0 Å². The van der Waals surface area contributed by atoms with Gasteiger partial charge in [-0.25, -0.2) is 0 Å². The summed E-state index contributed by atoms with van der Waals surface area (Å²) in [7, 11) is 0. The molecule has 1 aliphatic rings. The highest BCUT2D eigenvalue weighted by Crippen LogP contribution is 2.44. The highest BCUT2D eigenvalue weighted by atomic mass is 79.9. The summed E-state index contributed by atoms with van der Waals surface area (Å²) in [5.41, 5.74) is 7.90. The number of carbonyl (C=O) groups is 2. The summed E-state index contributed by atoms with van der Waals surface area (Å²) < 4.78 is 0.715. The van der Waals surface area contributed by atoms with Crippen molar-refractivity contribution in [3.05, 3.63) is 50.3 Å². The van der Waals surface area contributed by atoms with E-state index in [0.29, 0.717) is 26.5 Å².